The Hall–Kier alpha value is -1.11. The molecule has 0 bridgehead atoms. The first-order valence-electron chi connectivity index (χ1n) is 8.63. The van der Waals surface area contributed by atoms with Gasteiger partial charge in [0.2, 0.25) is 10.0 Å². The first-order chi connectivity index (χ1) is 11.1. The molecular weight excluding hydrogens is 310 g/mol. The fourth-order valence-corrected chi connectivity index (χ4v) is 5.35. The van der Waals surface area contributed by atoms with Crippen LogP contribution in [0.1, 0.15) is 25.7 Å². The van der Waals surface area contributed by atoms with Crippen LogP contribution in [0.15, 0.2) is 30.3 Å². The van der Waals surface area contributed by atoms with Gasteiger partial charge in [-0.3, -0.25) is 0 Å². The van der Waals surface area contributed by atoms with Gasteiger partial charge in [-0.2, -0.15) is 0 Å². The topological polar surface area (TPSA) is 61.4 Å². The van der Waals surface area contributed by atoms with Crippen molar-refractivity contribution in [3.63, 3.8) is 0 Å². The van der Waals surface area contributed by atoms with E-state index >= 15 is 0 Å². The van der Waals surface area contributed by atoms with Crippen LogP contribution >= 0.6 is 0 Å². The Morgan fingerprint density at radius 2 is 1.70 bits per heavy atom. The zero-order chi connectivity index (χ0) is 16.1. The van der Waals surface area contributed by atoms with Crippen molar-refractivity contribution < 1.29 is 8.42 Å². The smallest absolute Gasteiger partial charge is 0.212 e. The number of anilines is 1. The van der Waals surface area contributed by atoms with Gasteiger partial charge in [0.05, 0.1) is 5.75 Å². The number of para-hydroxylation sites is 1. The summed E-state index contributed by atoms with van der Waals surface area (Å²) in [6.07, 6.45) is 3.68. The number of benzene rings is 1. The fourth-order valence-electron chi connectivity index (χ4n) is 3.56. The maximum Gasteiger partial charge on any atom is 0.212 e. The molecule has 0 unspecified atom stereocenters. The number of nitrogens with zero attached hydrogens (tertiary/aromatic N) is 1. The molecule has 2 N–H and O–H groups in total. The van der Waals surface area contributed by atoms with Crippen molar-refractivity contribution >= 4 is 15.7 Å². The van der Waals surface area contributed by atoms with Gasteiger partial charge < -0.3 is 10.2 Å². The molecule has 5 nitrogen and oxygen atoms in total. The molecule has 0 atom stereocenters. The monoisotopic (exact) mass is 337 g/mol. The summed E-state index contributed by atoms with van der Waals surface area (Å²) in [5, 5.41) is 3.28. The Labute approximate surface area is 139 Å². The van der Waals surface area contributed by atoms with E-state index in [4.69, 9.17) is 0 Å². The maximum absolute atomic E-state index is 12.4. The predicted octanol–water partition coefficient (Wildman–Crippen LogP) is 1.57. The minimum Gasteiger partial charge on any atom is -0.371 e. The van der Waals surface area contributed by atoms with Gasteiger partial charge in [-0.25, -0.2) is 13.1 Å². The summed E-state index contributed by atoms with van der Waals surface area (Å²) in [5.41, 5.74) is 1.23. The van der Waals surface area contributed by atoms with Crippen LogP contribution < -0.4 is 14.9 Å². The van der Waals surface area contributed by atoms with E-state index in [2.05, 4.69) is 27.1 Å². The van der Waals surface area contributed by atoms with Crippen LogP contribution in [0, 0.1) is 5.92 Å². The Morgan fingerprint density at radius 1 is 1.04 bits per heavy atom. The van der Waals surface area contributed by atoms with Crippen molar-refractivity contribution in [2.45, 2.75) is 31.7 Å². The van der Waals surface area contributed by atoms with Crippen molar-refractivity contribution in [3.05, 3.63) is 30.3 Å². The van der Waals surface area contributed by atoms with Crippen molar-refractivity contribution in [3.8, 4) is 0 Å². The largest absolute Gasteiger partial charge is 0.371 e. The molecule has 1 aromatic rings. The van der Waals surface area contributed by atoms with E-state index in [-0.39, 0.29) is 11.8 Å². The van der Waals surface area contributed by atoms with Crippen molar-refractivity contribution in [1.82, 2.24) is 10.0 Å². The Balaban J connectivity index is 1.48. The van der Waals surface area contributed by atoms with Crippen LogP contribution in [0.25, 0.3) is 0 Å². The minimum absolute atomic E-state index is 0.0849. The second kappa shape index (κ2) is 7.64. The molecule has 2 heterocycles. The predicted molar refractivity (Wildman–Crippen MR) is 94.2 cm³/mol. The van der Waals surface area contributed by atoms with Crippen LogP contribution in [-0.2, 0) is 10.0 Å². The van der Waals surface area contributed by atoms with E-state index in [9.17, 15) is 8.42 Å². The lowest BCUT2D eigenvalue weighted by Crippen LogP contribution is -2.46. The molecule has 2 aliphatic rings. The second-order valence-corrected chi connectivity index (χ2v) is 8.49. The summed E-state index contributed by atoms with van der Waals surface area (Å²) < 4.78 is 27.7. The number of hydrogen-bond acceptors (Lipinski definition) is 4. The molecule has 0 aromatic heterocycles. The van der Waals surface area contributed by atoms with E-state index < -0.39 is 10.0 Å². The fraction of sp³-hybridized carbons (Fsp3) is 0.647. The molecule has 2 fully saturated rings. The molecule has 2 saturated heterocycles. The van der Waals surface area contributed by atoms with Gasteiger partial charge in [-0.05, 0) is 56.8 Å². The van der Waals surface area contributed by atoms with Gasteiger partial charge in [0.25, 0.3) is 0 Å². The maximum atomic E-state index is 12.4. The molecule has 23 heavy (non-hydrogen) atoms. The van der Waals surface area contributed by atoms with Gasteiger partial charge in [0.15, 0.2) is 0 Å². The third-order valence-corrected chi connectivity index (χ3v) is 6.48. The van der Waals surface area contributed by atoms with Gasteiger partial charge in [0, 0.05) is 24.8 Å². The Kier molecular flexibility index (Phi) is 5.56. The quantitative estimate of drug-likeness (QED) is 0.856. The zero-order valence-corrected chi connectivity index (χ0v) is 14.4. The molecule has 0 saturated carbocycles. The molecule has 1 aromatic carbocycles. The van der Waals surface area contributed by atoms with Gasteiger partial charge in [-0.1, -0.05) is 18.2 Å². The van der Waals surface area contributed by atoms with Gasteiger partial charge in [-0.15, -0.1) is 0 Å². The standard InChI is InChI=1S/C17H27N3O2S/c21-23(22,14-15-6-10-18-11-7-15)19-16-8-12-20(13-9-16)17-4-2-1-3-5-17/h1-5,15-16,18-19H,6-14H2. The number of sulfonamides is 1. The average molecular weight is 337 g/mol. The Morgan fingerprint density at radius 3 is 2.35 bits per heavy atom. The van der Waals surface area contributed by atoms with E-state index in [1.165, 1.54) is 5.69 Å². The molecule has 0 aliphatic carbocycles. The van der Waals surface area contributed by atoms with Crippen molar-refractivity contribution in [2.24, 2.45) is 5.92 Å². The zero-order valence-electron chi connectivity index (χ0n) is 13.6. The summed E-state index contributed by atoms with van der Waals surface area (Å²) in [4.78, 5) is 2.33. The molecule has 3 rings (SSSR count). The van der Waals surface area contributed by atoms with Crippen LogP contribution in [0.4, 0.5) is 5.69 Å². The van der Waals surface area contributed by atoms with Crippen molar-refractivity contribution in [1.29, 1.82) is 0 Å². The molecule has 0 amide bonds. The van der Waals surface area contributed by atoms with Crippen LogP contribution in [0.2, 0.25) is 0 Å². The number of nitrogens with one attached hydrogen (secondary N) is 2. The number of piperidine rings is 2. The third kappa shape index (κ3) is 4.93. The van der Waals surface area contributed by atoms with E-state index in [0.29, 0.717) is 5.92 Å². The van der Waals surface area contributed by atoms with Crippen LogP contribution in [0.3, 0.4) is 0 Å². The Bertz CT molecular complexity index is 577. The summed E-state index contributed by atoms with van der Waals surface area (Å²) in [7, 11) is -3.16. The SMILES string of the molecule is O=S(=O)(CC1CCNCC1)NC1CCN(c2ccccc2)CC1. The third-order valence-electron chi connectivity index (χ3n) is 4.88. The van der Waals surface area contributed by atoms with E-state index in [1.807, 2.05) is 18.2 Å². The highest BCUT2D eigenvalue weighted by atomic mass is 32.2. The summed E-state index contributed by atoms with van der Waals surface area (Å²) >= 11 is 0. The average Bonchev–Trinajstić information content (AvgIpc) is 2.56. The summed E-state index contributed by atoms with van der Waals surface area (Å²) in [6.45, 7) is 3.69. The van der Waals surface area contributed by atoms with Gasteiger partial charge in [0.1, 0.15) is 0 Å². The normalized spacial score (nSPS) is 21.5. The summed E-state index contributed by atoms with van der Waals surface area (Å²) in [6, 6.07) is 10.4. The molecule has 0 spiro atoms. The first-order valence-corrected chi connectivity index (χ1v) is 10.3. The molecule has 0 radical (unpaired) electrons. The molecule has 2 aliphatic heterocycles. The van der Waals surface area contributed by atoms with Crippen LogP contribution in [-0.4, -0.2) is 46.4 Å². The number of hydrogen-bond donors (Lipinski definition) is 2. The lowest BCUT2D eigenvalue weighted by molar-refractivity contribution is 0.396. The highest BCUT2D eigenvalue weighted by Crippen LogP contribution is 2.20. The molecular formula is C17H27N3O2S. The van der Waals surface area contributed by atoms with Crippen molar-refractivity contribution in [2.75, 3.05) is 36.8 Å². The lowest BCUT2D eigenvalue weighted by atomic mass is 10.0. The highest BCUT2D eigenvalue weighted by Gasteiger charge is 2.26. The van der Waals surface area contributed by atoms with Gasteiger partial charge >= 0.3 is 0 Å². The number of rotatable bonds is 5. The summed E-state index contributed by atoms with van der Waals surface area (Å²) in [5.74, 6) is 0.589. The van der Waals surface area contributed by atoms with Crippen LogP contribution in [0.5, 0.6) is 0 Å². The minimum atomic E-state index is -3.16. The lowest BCUT2D eigenvalue weighted by Gasteiger charge is -2.34. The molecule has 128 valence electrons. The molecule has 6 heteroatoms. The van der Waals surface area contributed by atoms with E-state index in [1.54, 1.807) is 0 Å². The first kappa shape index (κ1) is 16.7. The second-order valence-electron chi connectivity index (χ2n) is 6.69. The van der Waals surface area contributed by atoms with E-state index in [0.717, 1.165) is 51.9 Å². The highest BCUT2D eigenvalue weighted by molar-refractivity contribution is 7.89.